The summed E-state index contributed by atoms with van der Waals surface area (Å²) in [5.41, 5.74) is 5.45. The number of allylic oxidation sites excluding steroid dienone is 1. The Morgan fingerprint density at radius 3 is 2.73 bits per heavy atom. The molecule has 1 aromatic carbocycles. The number of nitrogens with two attached hydrogens (primary N) is 1. The summed E-state index contributed by atoms with van der Waals surface area (Å²) in [5, 5.41) is 12.3. The van der Waals surface area contributed by atoms with Crippen LogP contribution in [0.4, 0.5) is 5.69 Å². The van der Waals surface area contributed by atoms with E-state index in [1.165, 1.54) is 6.92 Å². The average Bonchev–Trinajstić information content (AvgIpc) is 2.72. The highest BCUT2D eigenvalue weighted by atomic mass is 16.5. The number of rotatable bonds is 1. The molecule has 0 saturated carbocycles. The van der Waals surface area contributed by atoms with Gasteiger partial charge in [0.25, 0.3) is 0 Å². The summed E-state index contributed by atoms with van der Waals surface area (Å²) >= 11 is 0. The van der Waals surface area contributed by atoms with Crippen LogP contribution < -0.4 is 11.1 Å². The second-order valence-electron chi connectivity index (χ2n) is 5.19. The number of hydrogen-bond donors (Lipinski definition) is 2. The summed E-state index contributed by atoms with van der Waals surface area (Å²) in [4.78, 5) is 25.0. The SMILES string of the molecule is CC(=O)C1=C(C)OC(N)=C(C#N)[C@@]12C(=O)Nc1ccccc12. The van der Waals surface area contributed by atoms with Gasteiger partial charge in [0, 0.05) is 11.3 Å². The van der Waals surface area contributed by atoms with Gasteiger partial charge >= 0.3 is 0 Å². The predicted molar refractivity (Wildman–Crippen MR) is 78.0 cm³/mol. The number of carbonyl (C=O) groups excluding carboxylic acids is 2. The highest BCUT2D eigenvalue weighted by Crippen LogP contribution is 2.51. The van der Waals surface area contributed by atoms with Gasteiger partial charge in [-0.2, -0.15) is 5.26 Å². The molecule has 0 aliphatic carbocycles. The molecule has 110 valence electrons. The number of ketones is 1. The van der Waals surface area contributed by atoms with Gasteiger partial charge in [0.1, 0.15) is 22.8 Å². The van der Waals surface area contributed by atoms with E-state index in [9.17, 15) is 14.9 Å². The van der Waals surface area contributed by atoms with Gasteiger partial charge in [-0.3, -0.25) is 9.59 Å². The molecule has 1 amide bonds. The second-order valence-corrected chi connectivity index (χ2v) is 5.19. The minimum Gasteiger partial charge on any atom is -0.445 e. The lowest BCUT2D eigenvalue weighted by Crippen LogP contribution is -2.44. The first kappa shape index (κ1) is 13.9. The number of ether oxygens (including phenoxy) is 1. The number of carbonyl (C=O) groups is 2. The maximum absolute atomic E-state index is 12.8. The first-order chi connectivity index (χ1) is 10.4. The molecule has 1 aromatic rings. The molecule has 0 aromatic heterocycles. The Balaban J connectivity index is 2.47. The monoisotopic (exact) mass is 295 g/mol. The number of amides is 1. The molecule has 2 aliphatic heterocycles. The van der Waals surface area contributed by atoms with Crippen molar-refractivity contribution in [3.63, 3.8) is 0 Å². The molecular formula is C16H13N3O3. The molecule has 0 unspecified atom stereocenters. The van der Waals surface area contributed by atoms with Gasteiger partial charge in [-0.1, -0.05) is 18.2 Å². The lowest BCUT2D eigenvalue weighted by atomic mass is 9.67. The van der Waals surface area contributed by atoms with Gasteiger partial charge in [-0.15, -0.1) is 0 Å². The summed E-state index contributed by atoms with van der Waals surface area (Å²) in [6, 6.07) is 8.88. The average molecular weight is 295 g/mol. The molecule has 1 atom stereocenters. The molecule has 1 spiro atoms. The quantitative estimate of drug-likeness (QED) is 0.816. The van der Waals surface area contributed by atoms with Crippen molar-refractivity contribution in [3.8, 4) is 6.07 Å². The van der Waals surface area contributed by atoms with E-state index < -0.39 is 11.3 Å². The zero-order valence-corrected chi connectivity index (χ0v) is 12.1. The van der Waals surface area contributed by atoms with Crippen LogP contribution in [0.25, 0.3) is 0 Å². The molecule has 22 heavy (non-hydrogen) atoms. The fraction of sp³-hybridized carbons (Fsp3) is 0.188. The van der Waals surface area contributed by atoms with Crippen molar-refractivity contribution >= 4 is 17.4 Å². The van der Waals surface area contributed by atoms with Crippen molar-refractivity contribution in [2.24, 2.45) is 5.73 Å². The highest BCUT2D eigenvalue weighted by Gasteiger charge is 2.58. The summed E-state index contributed by atoms with van der Waals surface area (Å²) in [5.74, 6) is -0.738. The Morgan fingerprint density at radius 1 is 1.41 bits per heavy atom. The van der Waals surface area contributed by atoms with Crippen LogP contribution in [-0.4, -0.2) is 11.7 Å². The Morgan fingerprint density at radius 2 is 2.09 bits per heavy atom. The normalized spacial score (nSPS) is 23.0. The second kappa shape index (κ2) is 4.46. The number of nitrogens with one attached hydrogen (secondary N) is 1. The first-order valence-electron chi connectivity index (χ1n) is 6.66. The van der Waals surface area contributed by atoms with Gasteiger partial charge < -0.3 is 15.8 Å². The van der Waals surface area contributed by atoms with E-state index in [0.717, 1.165) is 0 Å². The minimum absolute atomic E-state index is 0.0641. The number of nitriles is 1. The van der Waals surface area contributed by atoms with E-state index in [4.69, 9.17) is 10.5 Å². The maximum atomic E-state index is 12.8. The molecule has 0 radical (unpaired) electrons. The minimum atomic E-state index is -1.54. The third-order valence-electron chi connectivity index (χ3n) is 4.00. The fourth-order valence-corrected chi connectivity index (χ4v) is 3.25. The third-order valence-corrected chi connectivity index (χ3v) is 4.00. The van der Waals surface area contributed by atoms with Crippen molar-refractivity contribution in [1.82, 2.24) is 0 Å². The van der Waals surface area contributed by atoms with Crippen LogP contribution in [0.3, 0.4) is 0 Å². The van der Waals surface area contributed by atoms with Crippen LogP contribution in [0.5, 0.6) is 0 Å². The zero-order chi connectivity index (χ0) is 16.1. The number of nitrogens with zero attached hydrogens (tertiary/aromatic N) is 1. The third kappa shape index (κ3) is 1.48. The Bertz CT molecular complexity index is 829. The molecule has 0 bridgehead atoms. The van der Waals surface area contributed by atoms with E-state index in [1.54, 1.807) is 31.2 Å². The van der Waals surface area contributed by atoms with E-state index in [0.29, 0.717) is 11.3 Å². The number of hydrogen-bond acceptors (Lipinski definition) is 5. The lowest BCUT2D eigenvalue weighted by molar-refractivity contribution is -0.122. The summed E-state index contributed by atoms with van der Waals surface area (Å²) in [7, 11) is 0. The van der Waals surface area contributed by atoms with E-state index in [2.05, 4.69) is 5.32 Å². The van der Waals surface area contributed by atoms with E-state index in [1.807, 2.05) is 6.07 Å². The largest absolute Gasteiger partial charge is 0.445 e. The van der Waals surface area contributed by atoms with Crippen molar-refractivity contribution < 1.29 is 14.3 Å². The number of fused-ring (bicyclic) bond motifs is 2. The standard InChI is InChI=1S/C16H13N3O3/c1-8(20)13-9(2)22-14(18)11(7-17)16(13)10-5-3-4-6-12(10)19-15(16)21/h3-6H,18H2,1-2H3,(H,19,21)/t16-/m1/s1. The Kier molecular flexibility index (Phi) is 2.82. The van der Waals surface area contributed by atoms with Crippen LogP contribution in [0.1, 0.15) is 19.4 Å². The molecule has 2 aliphatic rings. The fourth-order valence-electron chi connectivity index (χ4n) is 3.25. The zero-order valence-electron chi connectivity index (χ0n) is 12.1. The predicted octanol–water partition coefficient (Wildman–Crippen LogP) is 1.46. The van der Waals surface area contributed by atoms with Crippen LogP contribution >= 0.6 is 0 Å². The van der Waals surface area contributed by atoms with Crippen molar-refractivity contribution in [3.05, 3.63) is 52.6 Å². The Hall–Kier alpha value is -3.07. The Labute approximate surface area is 126 Å². The summed E-state index contributed by atoms with van der Waals surface area (Å²) in [6.45, 7) is 2.91. The van der Waals surface area contributed by atoms with Crippen molar-refractivity contribution in [2.75, 3.05) is 5.32 Å². The molecule has 0 saturated heterocycles. The van der Waals surface area contributed by atoms with Crippen molar-refractivity contribution in [1.29, 1.82) is 5.26 Å². The van der Waals surface area contributed by atoms with E-state index in [-0.39, 0.29) is 28.6 Å². The van der Waals surface area contributed by atoms with Crippen LogP contribution in [0, 0.1) is 11.3 Å². The molecule has 2 heterocycles. The number of anilines is 1. The molecular weight excluding hydrogens is 282 g/mol. The van der Waals surface area contributed by atoms with Gasteiger partial charge in [-0.25, -0.2) is 0 Å². The first-order valence-corrected chi connectivity index (χ1v) is 6.66. The van der Waals surface area contributed by atoms with Gasteiger partial charge in [0.2, 0.25) is 11.8 Å². The number of Topliss-reactive ketones (excluding diaryl/α,β-unsaturated/α-hetero) is 1. The van der Waals surface area contributed by atoms with Crippen LogP contribution in [-0.2, 0) is 19.7 Å². The van der Waals surface area contributed by atoms with Crippen LogP contribution in [0.15, 0.2) is 47.1 Å². The summed E-state index contributed by atoms with van der Waals surface area (Å²) < 4.78 is 5.33. The number of benzene rings is 1. The molecule has 3 N–H and O–H groups in total. The topological polar surface area (TPSA) is 105 Å². The smallest absolute Gasteiger partial charge is 0.245 e. The number of para-hydroxylation sites is 1. The lowest BCUT2D eigenvalue weighted by Gasteiger charge is -2.33. The summed E-state index contributed by atoms with van der Waals surface area (Å²) in [6.07, 6.45) is 0. The highest BCUT2D eigenvalue weighted by molar-refractivity contribution is 6.18. The van der Waals surface area contributed by atoms with Crippen LogP contribution in [0.2, 0.25) is 0 Å². The molecule has 6 heteroatoms. The molecule has 0 fully saturated rings. The molecule has 3 rings (SSSR count). The maximum Gasteiger partial charge on any atom is 0.245 e. The van der Waals surface area contributed by atoms with Gasteiger partial charge in [0.05, 0.1) is 5.57 Å². The molecule has 6 nitrogen and oxygen atoms in total. The van der Waals surface area contributed by atoms with Crippen molar-refractivity contribution in [2.45, 2.75) is 19.3 Å². The van der Waals surface area contributed by atoms with Gasteiger partial charge in [0.15, 0.2) is 5.78 Å². The van der Waals surface area contributed by atoms with E-state index >= 15 is 0 Å². The van der Waals surface area contributed by atoms with Gasteiger partial charge in [-0.05, 0) is 19.9 Å².